The fourth-order valence-electron chi connectivity index (χ4n) is 0.627. The Bertz CT molecular complexity index is 102. The van der Waals surface area contributed by atoms with Crippen LogP contribution < -0.4 is 29.6 Å². The van der Waals surface area contributed by atoms with Gasteiger partial charge in [-0.25, -0.2) is 5.06 Å². The molecule has 0 aliphatic carbocycles. The molecule has 0 saturated carbocycles. The summed E-state index contributed by atoms with van der Waals surface area (Å²) in [5.41, 5.74) is 0. The molecular formula is C5H11N2NaO. The van der Waals surface area contributed by atoms with E-state index < -0.39 is 0 Å². The number of nitrogens with zero attached hydrogens (tertiary/aromatic N) is 2. The molecule has 0 aromatic rings. The summed E-state index contributed by atoms with van der Waals surface area (Å²) in [7, 11) is 0. The summed E-state index contributed by atoms with van der Waals surface area (Å²) in [4.78, 5) is 9.05. The summed E-state index contributed by atoms with van der Waals surface area (Å²) < 4.78 is 0. The largest absolute Gasteiger partial charge is 1.00 e. The molecule has 0 N–H and O–H groups in total. The average molecular weight is 138 g/mol. The third-order valence-electron chi connectivity index (χ3n) is 0.955. The molecule has 0 aromatic carbocycles. The summed E-state index contributed by atoms with van der Waals surface area (Å²) in [6, 6.07) is 0. The van der Waals surface area contributed by atoms with Crippen molar-refractivity contribution in [1.82, 2.24) is 5.06 Å². The maximum Gasteiger partial charge on any atom is 1.00 e. The Morgan fingerprint density at radius 3 is 3.11 bits per heavy atom. The van der Waals surface area contributed by atoms with E-state index in [9.17, 15) is 0 Å². The van der Waals surface area contributed by atoms with Gasteiger partial charge in [0, 0.05) is 0 Å². The standard InChI is InChI=1S/C5H10N2O.Na.H/c1-2-8-7-4-3-6-5-7;;/h5H,2-4H2,1H3;;/q;+1;-1. The third-order valence-corrected chi connectivity index (χ3v) is 0.955. The van der Waals surface area contributed by atoms with Gasteiger partial charge in [-0.05, 0) is 6.92 Å². The van der Waals surface area contributed by atoms with E-state index in [1.165, 1.54) is 0 Å². The molecule has 0 amide bonds. The van der Waals surface area contributed by atoms with Crippen molar-refractivity contribution < 1.29 is 35.8 Å². The minimum Gasteiger partial charge on any atom is -1.00 e. The van der Waals surface area contributed by atoms with Gasteiger partial charge in [0.25, 0.3) is 0 Å². The number of rotatable bonds is 2. The Labute approximate surface area is 78.8 Å². The molecule has 0 radical (unpaired) electrons. The van der Waals surface area contributed by atoms with E-state index in [2.05, 4.69) is 4.99 Å². The quantitative estimate of drug-likeness (QED) is 0.391. The van der Waals surface area contributed by atoms with Gasteiger partial charge in [-0.3, -0.25) is 9.83 Å². The third kappa shape index (κ3) is 3.20. The van der Waals surface area contributed by atoms with Crippen LogP contribution in [0.15, 0.2) is 4.99 Å². The normalized spacial score (nSPS) is 15.9. The monoisotopic (exact) mass is 138 g/mol. The maximum atomic E-state index is 5.09. The predicted octanol–water partition coefficient (Wildman–Crippen LogP) is -2.60. The van der Waals surface area contributed by atoms with Crippen LogP contribution in [0.2, 0.25) is 0 Å². The summed E-state index contributed by atoms with van der Waals surface area (Å²) >= 11 is 0. The molecule has 1 heterocycles. The van der Waals surface area contributed by atoms with Crippen molar-refractivity contribution in [3.05, 3.63) is 0 Å². The van der Waals surface area contributed by atoms with E-state index in [0.717, 1.165) is 19.7 Å². The number of hydrogen-bond acceptors (Lipinski definition) is 3. The second kappa shape index (κ2) is 5.23. The van der Waals surface area contributed by atoms with Gasteiger partial charge < -0.3 is 1.43 Å². The molecule has 9 heavy (non-hydrogen) atoms. The zero-order chi connectivity index (χ0) is 5.82. The van der Waals surface area contributed by atoms with Gasteiger partial charge in [-0.15, -0.1) is 0 Å². The van der Waals surface area contributed by atoms with Crippen molar-refractivity contribution in [3.63, 3.8) is 0 Å². The van der Waals surface area contributed by atoms with Gasteiger partial charge in [-0.1, -0.05) is 0 Å². The number of hydroxylamine groups is 2. The molecule has 0 aromatic heterocycles. The molecule has 1 rings (SSSR count). The van der Waals surface area contributed by atoms with Crippen LogP contribution in [0.4, 0.5) is 0 Å². The van der Waals surface area contributed by atoms with Crippen molar-refractivity contribution in [3.8, 4) is 0 Å². The molecule has 0 bridgehead atoms. The molecule has 0 fully saturated rings. The van der Waals surface area contributed by atoms with Crippen molar-refractivity contribution in [2.24, 2.45) is 4.99 Å². The Kier molecular flexibility index (Phi) is 5.48. The van der Waals surface area contributed by atoms with Crippen LogP contribution in [-0.2, 0) is 4.84 Å². The van der Waals surface area contributed by atoms with Gasteiger partial charge in [0.2, 0.25) is 0 Å². The fourth-order valence-corrected chi connectivity index (χ4v) is 0.627. The Morgan fingerprint density at radius 1 is 1.89 bits per heavy atom. The summed E-state index contributed by atoms with van der Waals surface area (Å²) in [6.07, 6.45) is 1.73. The SMILES string of the molecule is CCON1C=NCC1.[H-].[Na+]. The van der Waals surface area contributed by atoms with Gasteiger partial charge in [0.15, 0.2) is 0 Å². The Hall–Kier alpha value is 0.430. The Morgan fingerprint density at radius 2 is 2.67 bits per heavy atom. The summed E-state index contributed by atoms with van der Waals surface area (Å²) in [5.74, 6) is 0. The number of hydrogen-bond donors (Lipinski definition) is 0. The second-order valence-corrected chi connectivity index (χ2v) is 1.58. The molecule has 48 valence electrons. The molecule has 0 spiro atoms. The van der Waals surface area contributed by atoms with Crippen LogP contribution in [0, 0.1) is 0 Å². The molecule has 0 atom stereocenters. The van der Waals surface area contributed by atoms with Crippen LogP contribution >= 0.6 is 0 Å². The first kappa shape index (κ1) is 9.43. The minimum atomic E-state index is 0. The van der Waals surface area contributed by atoms with Crippen LogP contribution in [0.3, 0.4) is 0 Å². The average Bonchev–Trinajstić information content (AvgIpc) is 2.19. The van der Waals surface area contributed by atoms with Crippen LogP contribution in [0.5, 0.6) is 0 Å². The minimum absolute atomic E-state index is 0. The van der Waals surface area contributed by atoms with Gasteiger partial charge >= 0.3 is 29.6 Å². The molecule has 0 saturated heterocycles. The first-order valence-corrected chi connectivity index (χ1v) is 2.83. The smallest absolute Gasteiger partial charge is 1.00 e. The number of aliphatic imine (C=N–C) groups is 1. The van der Waals surface area contributed by atoms with Crippen LogP contribution in [0.25, 0.3) is 0 Å². The molecule has 4 heteroatoms. The molecule has 1 aliphatic rings. The molecule has 3 nitrogen and oxygen atoms in total. The second-order valence-electron chi connectivity index (χ2n) is 1.58. The summed E-state index contributed by atoms with van der Waals surface area (Å²) in [6.45, 7) is 4.48. The molecular weight excluding hydrogens is 127 g/mol. The van der Waals surface area contributed by atoms with Gasteiger partial charge in [0.1, 0.15) is 6.34 Å². The maximum absolute atomic E-state index is 5.09. The van der Waals surface area contributed by atoms with Crippen molar-refractivity contribution in [2.45, 2.75) is 6.92 Å². The van der Waals surface area contributed by atoms with E-state index in [1.807, 2.05) is 6.92 Å². The molecule has 0 unspecified atom stereocenters. The van der Waals surface area contributed by atoms with E-state index in [0.29, 0.717) is 0 Å². The fraction of sp³-hybridized carbons (Fsp3) is 0.800. The van der Waals surface area contributed by atoms with Crippen molar-refractivity contribution in [2.75, 3.05) is 19.7 Å². The van der Waals surface area contributed by atoms with E-state index in [4.69, 9.17) is 4.84 Å². The van der Waals surface area contributed by atoms with Gasteiger partial charge in [-0.2, -0.15) is 0 Å². The predicted molar refractivity (Wildman–Crippen MR) is 32.8 cm³/mol. The van der Waals surface area contributed by atoms with E-state index in [1.54, 1.807) is 11.4 Å². The van der Waals surface area contributed by atoms with Crippen LogP contribution in [0.1, 0.15) is 8.35 Å². The zero-order valence-electron chi connectivity index (χ0n) is 7.00. The van der Waals surface area contributed by atoms with Gasteiger partial charge in [0.05, 0.1) is 19.7 Å². The first-order valence-electron chi connectivity index (χ1n) is 2.83. The Balaban J connectivity index is 0. The van der Waals surface area contributed by atoms with E-state index >= 15 is 0 Å². The van der Waals surface area contributed by atoms with Crippen LogP contribution in [-0.4, -0.2) is 31.1 Å². The van der Waals surface area contributed by atoms with Crippen molar-refractivity contribution in [1.29, 1.82) is 0 Å². The van der Waals surface area contributed by atoms with E-state index in [-0.39, 0.29) is 31.0 Å². The zero-order valence-corrected chi connectivity index (χ0v) is 8.00. The summed E-state index contributed by atoms with van der Waals surface area (Å²) in [5, 5.41) is 1.75. The topological polar surface area (TPSA) is 24.8 Å². The molecule has 1 aliphatic heterocycles. The van der Waals surface area contributed by atoms with Crippen molar-refractivity contribution >= 4 is 6.34 Å². The first-order chi connectivity index (χ1) is 3.93.